The highest BCUT2D eigenvalue weighted by Gasteiger charge is 2.37. The number of piperidine rings is 1. The Morgan fingerprint density at radius 1 is 1.07 bits per heavy atom. The number of carbonyl (C=O) groups is 1. The number of hydrogen-bond donors (Lipinski definition) is 0. The van der Waals surface area contributed by atoms with Crippen molar-refractivity contribution < 1.29 is 13.2 Å². The Kier molecular flexibility index (Phi) is 6.69. The molecule has 3 rings (SSSR count). The van der Waals surface area contributed by atoms with E-state index in [4.69, 9.17) is 11.6 Å². The second-order valence-electron chi connectivity index (χ2n) is 7.92. The molecule has 0 N–H and O–H groups in total. The van der Waals surface area contributed by atoms with Gasteiger partial charge < -0.3 is 4.90 Å². The molecular weight excluding hydrogens is 398 g/mol. The molecule has 28 heavy (non-hydrogen) atoms. The zero-order valence-electron chi connectivity index (χ0n) is 16.8. The van der Waals surface area contributed by atoms with E-state index in [0.29, 0.717) is 26.2 Å². The van der Waals surface area contributed by atoms with Gasteiger partial charge in [-0.2, -0.15) is 4.31 Å². The fourth-order valence-electron chi connectivity index (χ4n) is 4.35. The summed E-state index contributed by atoms with van der Waals surface area (Å²) in [6, 6.07) is 6.81. The molecule has 2 aliphatic rings. The lowest BCUT2D eigenvalue weighted by Gasteiger charge is -2.43. The highest BCUT2D eigenvalue weighted by atomic mass is 35.5. The summed E-state index contributed by atoms with van der Waals surface area (Å²) in [5, 5.41) is 0.238. The minimum Gasteiger partial charge on any atom is -0.336 e. The van der Waals surface area contributed by atoms with Crippen LogP contribution in [0.15, 0.2) is 29.2 Å². The molecule has 1 amide bonds. The average molecular weight is 428 g/mol. The molecule has 2 heterocycles. The third-order valence-corrected chi connectivity index (χ3v) is 8.48. The molecule has 2 aliphatic heterocycles. The number of likely N-dealkylation sites (tertiary alicyclic amines) is 1. The van der Waals surface area contributed by atoms with Gasteiger partial charge in [0.25, 0.3) is 0 Å². The third-order valence-electron chi connectivity index (χ3n) is 6.08. The van der Waals surface area contributed by atoms with Crippen LogP contribution in [0.3, 0.4) is 0 Å². The fraction of sp³-hybridized carbons (Fsp3) is 0.650. The molecule has 0 aliphatic carbocycles. The van der Waals surface area contributed by atoms with E-state index < -0.39 is 10.0 Å². The van der Waals surface area contributed by atoms with Crippen molar-refractivity contribution in [3.05, 3.63) is 29.3 Å². The average Bonchev–Trinajstić information content (AvgIpc) is 2.67. The van der Waals surface area contributed by atoms with Crippen molar-refractivity contribution in [2.45, 2.75) is 63.1 Å². The standard InChI is InChI=1S/C20H30ClN3O3S/c1-15-7-6-8-16(2)24(15)20(25)17(3)22-11-13-23(14-12-22)28(26,27)19-10-5-4-9-18(19)21/h4-5,9-10,15-17H,6-8,11-14H2,1-3H3/t15-,16-,17+/m0/s1. The molecule has 2 fully saturated rings. The Labute approximate surface area is 173 Å². The van der Waals surface area contributed by atoms with Gasteiger partial charge >= 0.3 is 0 Å². The van der Waals surface area contributed by atoms with E-state index in [1.165, 1.54) is 16.8 Å². The molecule has 0 saturated carbocycles. The van der Waals surface area contributed by atoms with Crippen LogP contribution in [0.1, 0.15) is 40.0 Å². The Morgan fingerprint density at radius 2 is 1.64 bits per heavy atom. The van der Waals surface area contributed by atoms with Crippen molar-refractivity contribution >= 4 is 27.5 Å². The second-order valence-corrected chi connectivity index (χ2v) is 10.2. The van der Waals surface area contributed by atoms with Gasteiger partial charge in [0, 0.05) is 38.3 Å². The van der Waals surface area contributed by atoms with E-state index >= 15 is 0 Å². The molecule has 0 spiro atoms. The van der Waals surface area contributed by atoms with Crippen LogP contribution >= 0.6 is 11.6 Å². The molecule has 2 saturated heterocycles. The van der Waals surface area contributed by atoms with Crippen molar-refractivity contribution in [1.29, 1.82) is 0 Å². The number of nitrogens with zero attached hydrogens (tertiary/aromatic N) is 3. The number of hydrogen-bond acceptors (Lipinski definition) is 4. The maximum absolute atomic E-state index is 13.1. The van der Waals surface area contributed by atoms with Gasteiger partial charge in [0.1, 0.15) is 4.90 Å². The predicted molar refractivity (Wildman–Crippen MR) is 111 cm³/mol. The van der Waals surface area contributed by atoms with Gasteiger partial charge in [-0.05, 0) is 52.2 Å². The number of halogens is 1. The van der Waals surface area contributed by atoms with Crippen LogP contribution in [0.4, 0.5) is 0 Å². The van der Waals surface area contributed by atoms with Gasteiger partial charge in [0.15, 0.2) is 0 Å². The molecule has 0 bridgehead atoms. The number of benzene rings is 1. The minimum atomic E-state index is -3.62. The van der Waals surface area contributed by atoms with E-state index in [1.807, 2.05) is 11.8 Å². The second kappa shape index (κ2) is 8.69. The maximum Gasteiger partial charge on any atom is 0.244 e. The van der Waals surface area contributed by atoms with Gasteiger partial charge in [-0.15, -0.1) is 0 Å². The third kappa shape index (κ3) is 4.22. The smallest absolute Gasteiger partial charge is 0.244 e. The van der Waals surface area contributed by atoms with Crippen LogP contribution in [0.5, 0.6) is 0 Å². The van der Waals surface area contributed by atoms with Crippen molar-refractivity contribution in [1.82, 2.24) is 14.1 Å². The zero-order chi connectivity index (χ0) is 20.5. The molecule has 0 unspecified atom stereocenters. The molecule has 0 aromatic heterocycles. The van der Waals surface area contributed by atoms with Crippen molar-refractivity contribution in [3.63, 3.8) is 0 Å². The zero-order valence-corrected chi connectivity index (χ0v) is 18.4. The molecule has 3 atom stereocenters. The van der Waals surface area contributed by atoms with E-state index in [-0.39, 0.29) is 34.0 Å². The van der Waals surface area contributed by atoms with E-state index in [0.717, 1.165) is 12.8 Å². The highest BCUT2D eigenvalue weighted by molar-refractivity contribution is 7.89. The quantitative estimate of drug-likeness (QED) is 0.741. The summed E-state index contributed by atoms with van der Waals surface area (Å²) >= 11 is 6.10. The van der Waals surface area contributed by atoms with Crippen LogP contribution in [0.25, 0.3) is 0 Å². The number of sulfonamides is 1. The molecule has 1 aromatic carbocycles. The Morgan fingerprint density at radius 3 is 2.21 bits per heavy atom. The number of rotatable bonds is 4. The summed E-state index contributed by atoms with van der Waals surface area (Å²) in [7, 11) is -3.62. The van der Waals surface area contributed by atoms with Gasteiger partial charge in [0.05, 0.1) is 11.1 Å². The Balaban J connectivity index is 1.65. The summed E-state index contributed by atoms with van der Waals surface area (Å²) in [5.41, 5.74) is 0. The first-order valence-corrected chi connectivity index (χ1v) is 11.9. The largest absolute Gasteiger partial charge is 0.336 e. The predicted octanol–water partition coefficient (Wildman–Crippen LogP) is 2.82. The van der Waals surface area contributed by atoms with Crippen molar-refractivity contribution in [2.24, 2.45) is 0 Å². The van der Waals surface area contributed by atoms with Crippen LogP contribution in [-0.4, -0.2) is 72.7 Å². The number of amides is 1. The summed E-state index contributed by atoms with van der Waals surface area (Å²) in [4.78, 5) is 17.4. The molecule has 1 aromatic rings. The lowest BCUT2D eigenvalue weighted by atomic mass is 9.96. The summed E-state index contributed by atoms with van der Waals surface area (Å²) < 4.78 is 27.3. The van der Waals surface area contributed by atoms with Crippen LogP contribution < -0.4 is 0 Å². The van der Waals surface area contributed by atoms with Crippen LogP contribution in [0, 0.1) is 0 Å². The van der Waals surface area contributed by atoms with Crippen molar-refractivity contribution in [3.8, 4) is 0 Å². The summed E-state index contributed by atoms with van der Waals surface area (Å²) in [6.07, 6.45) is 3.26. The van der Waals surface area contributed by atoms with Gasteiger partial charge in [0.2, 0.25) is 15.9 Å². The van der Waals surface area contributed by atoms with Crippen LogP contribution in [0.2, 0.25) is 5.02 Å². The molecule has 0 radical (unpaired) electrons. The van der Waals surface area contributed by atoms with E-state index in [9.17, 15) is 13.2 Å². The lowest BCUT2D eigenvalue weighted by Crippen LogP contribution is -2.58. The minimum absolute atomic E-state index is 0.144. The van der Waals surface area contributed by atoms with Gasteiger partial charge in [-0.25, -0.2) is 8.42 Å². The maximum atomic E-state index is 13.1. The molecule has 6 nitrogen and oxygen atoms in total. The lowest BCUT2D eigenvalue weighted by molar-refractivity contribution is -0.143. The first-order chi connectivity index (χ1) is 13.2. The van der Waals surface area contributed by atoms with E-state index in [1.54, 1.807) is 18.2 Å². The summed E-state index contributed by atoms with van der Waals surface area (Å²) in [6.45, 7) is 7.96. The molecule has 156 valence electrons. The Bertz CT molecular complexity index is 799. The van der Waals surface area contributed by atoms with E-state index in [2.05, 4.69) is 18.7 Å². The SMILES string of the molecule is C[C@H](C(=O)N1[C@@H](C)CCC[C@@H]1C)N1CCN(S(=O)(=O)c2ccccc2Cl)CC1. The highest BCUT2D eigenvalue weighted by Crippen LogP contribution is 2.27. The first-order valence-electron chi connectivity index (χ1n) is 10.0. The van der Waals surface area contributed by atoms with Crippen molar-refractivity contribution in [2.75, 3.05) is 26.2 Å². The summed E-state index contributed by atoms with van der Waals surface area (Å²) in [5.74, 6) is 0.155. The monoisotopic (exact) mass is 427 g/mol. The number of piperazine rings is 1. The van der Waals surface area contributed by atoms with Gasteiger partial charge in [-0.3, -0.25) is 9.69 Å². The van der Waals surface area contributed by atoms with Crippen LogP contribution in [-0.2, 0) is 14.8 Å². The molecule has 8 heteroatoms. The molecular formula is C20H30ClN3O3S. The fourth-order valence-corrected chi connectivity index (χ4v) is 6.27. The number of carbonyl (C=O) groups excluding carboxylic acids is 1. The van der Waals surface area contributed by atoms with Gasteiger partial charge in [-0.1, -0.05) is 23.7 Å². The first kappa shape index (κ1) is 21.6. The Hall–Kier alpha value is -1.15. The topological polar surface area (TPSA) is 60.9 Å². The normalized spacial score (nSPS) is 26.2.